The van der Waals surface area contributed by atoms with E-state index in [-0.39, 0.29) is 0 Å². The minimum atomic E-state index is 1.18. The number of para-hydroxylation sites is 2. The van der Waals surface area contributed by atoms with E-state index in [2.05, 4.69) is 131 Å². The maximum Gasteiger partial charge on any atom is 0.0641 e. The van der Waals surface area contributed by atoms with Gasteiger partial charge in [-0.3, -0.25) is 0 Å². The third kappa shape index (κ3) is 2.55. The first-order valence-electron chi connectivity index (χ1n) is 11.4. The third-order valence-electron chi connectivity index (χ3n) is 6.94. The van der Waals surface area contributed by atoms with E-state index in [4.69, 9.17) is 0 Å². The molecule has 5 aromatic carbocycles. The molecule has 2 nitrogen and oxygen atoms in total. The lowest BCUT2D eigenvalue weighted by atomic mass is 10.1. The van der Waals surface area contributed by atoms with Gasteiger partial charge in [-0.2, -0.15) is 0 Å². The number of hydrogen-bond acceptors (Lipinski definition) is 0. The van der Waals surface area contributed by atoms with Gasteiger partial charge in [0.05, 0.1) is 16.6 Å². The van der Waals surface area contributed by atoms with Crippen molar-refractivity contribution in [2.75, 3.05) is 0 Å². The molecule has 2 aromatic heterocycles. The molecule has 0 saturated carbocycles. The lowest BCUT2D eigenvalue weighted by molar-refractivity contribution is 1.01. The predicted molar refractivity (Wildman–Crippen MR) is 140 cm³/mol. The molecule has 2 heteroatoms. The van der Waals surface area contributed by atoms with Crippen molar-refractivity contribution < 1.29 is 0 Å². The maximum absolute atomic E-state index is 2.44. The lowest BCUT2D eigenvalue weighted by Gasteiger charge is -2.10. The third-order valence-corrected chi connectivity index (χ3v) is 6.94. The SMILES string of the molecule is Cn1c2ccccc2c2c1ccc1c3ccccc3n(-c3ccc(-c4ccccc4)cc3)c12. The fourth-order valence-corrected chi connectivity index (χ4v) is 5.40. The Kier molecular flexibility index (Phi) is 3.80. The Morgan fingerprint density at radius 2 is 1.09 bits per heavy atom. The van der Waals surface area contributed by atoms with Crippen LogP contribution in [0.4, 0.5) is 0 Å². The average Bonchev–Trinajstić information content (AvgIpc) is 3.37. The van der Waals surface area contributed by atoms with E-state index in [9.17, 15) is 0 Å². The molecular formula is C31H22N2. The highest BCUT2D eigenvalue weighted by atomic mass is 15.0. The van der Waals surface area contributed by atoms with Gasteiger partial charge < -0.3 is 9.13 Å². The molecule has 0 fully saturated rings. The van der Waals surface area contributed by atoms with Crippen molar-refractivity contribution in [1.29, 1.82) is 0 Å². The highest BCUT2D eigenvalue weighted by Crippen LogP contribution is 2.40. The number of aromatic nitrogens is 2. The summed E-state index contributed by atoms with van der Waals surface area (Å²) in [5.41, 5.74) is 8.68. The lowest BCUT2D eigenvalue weighted by Crippen LogP contribution is -1.94. The smallest absolute Gasteiger partial charge is 0.0641 e. The molecule has 0 radical (unpaired) electrons. The number of nitrogens with zero attached hydrogens (tertiary/aromatic N) is 2. The van der Waals surface area contributed by atoms with Gasteiger partial charge in [-0.25, -0.2) is 0 Å². The fourth-order valence-electron chi connectivity index (χ4n) is 5.40. The number of aryl methyl sites for hydroxylation is 1. The Balaban J connectivity index is 1.61. The minimum absolute atomic E-state index is 1.18. The van der Waals surface area contributed by atoms with Crippen LogP contribution >= 0.6 is 0 Å². The van der Waals surface area contributed by atoms with Gasteiger partial charge in [0.25, 0.3) is 0 Å². The monoisotopic (exact) mass is 422 g/mol. The largest absolute Gasteiger partial charge is 0.344 e. The summed E-state index contributed by atoms with van der Waals surface area (Å²) in [7, 11) is 2.16. The summed E-state index contributed by atoms with van der Waals surface area (Å²) < 4.78 is 4.75. The quantitative estimate of drug-likeness (QED) is 0.266. The molecule has 0 aliphatic rings. The first-order chi connectivity index (χ1) is 16.3. The second-order valence-corrected chi connectivity index (χ2v) is 8.70. The van der Waals surface area contributed by atoms with Crippen LogP contribution in [0.15, 0.2) is 115 Å². The summed E-state index contributed by atoms with van der Waals surface area (Å²) in [5.74, 6) is 0. The van der Waals surface area contributed by atoms with Crippen LogP contribution in [-0.4, -0.2) is 9.13 Å². The Labute approximate surface area is 191 Å². The molecule has 2 heterocycles. The van der Waals surface area contributed by atoms with E-state index in [0.717, 1.165) is 0 Å². The van der Waals surface area contributed by atoms with Crippen molar-refractivity contribution in [3.8, 4) is 16.8 Å². The molecule has 0 atom stereocenters. The summed E-state index contributed by atoms with van der Waals surface area (Å²) in [6.07, 6.45) is 0. The molecule has 33 heavy (non-hydrogen) atoms. The van der Waals surface area contributed by atoms with E-state index >= 15 is 0 Å². The van der Waals surface area contributed by atoms with Crippen LogP contribution in [0.2, 0.25) is 0 Å². The van der Waals surface area contributed by atoms with Gasteiger partial charge in [0.2, 0.25) is 0 Å². The van der Waals surface area contributed by atoms with E-state index in [1.165, 1.54) is 60.4 Å². The molecule has 0 aliphatic carbocycles. The summed E-state index contributed by atoms with van der Waals surface area (Å²) >= 11 is 0. The zero-order valence-corrected chi connectivity index (χ0v) is 18.4. The van der Waals surface area contributed by atoms with E-state index in [0.29, 0.717) is 0 Å². The second-order valence-electron chi connectivity index (χ2n) is 8.70. The van der Waals surface area contributed by atoms with E-state index in [1.54, 1.807) is 0 Å². The molecule has 0 amide bonds. The van der Waals surface area contributed by atoms with Gasteiger partial charge in [-0.1, -0.05) is 84.9 Å². The van der Waals surface area contributed by atoms with Gasteiger partial charge in [0.1, 0.15) is 0 Å². The van der Waals surface area contributed by atoms with Gasteiger partial charge >= 0.3 is 0 Å². The van der Waals surface area contributed by atoms with Crippen molar-refractivity contribution in [2.24, 2.45) is 7.05 Å². The van der Waals surface area contributed by atoms with E-state index in [1.807, 2.05) is 0 Å². The first kappa shape index (κ1) is 18.3. The van der Waals surface area contributed by atoms with Crippen LogP contribution in [0.3, 0.4) is 0 Å². The van der Waals surface area contributed by atoms with Gasteiger partial charge in [-0.05, 0) is 41.5 Å². The number of benzene rings is 5. The van der Waals surface area contributed by atoms with Crippen LogP contribution in [0.5, 0.6) is 0 Å². The summed E-state index contributed by atoms with van der Waals surface area (Å²) in [6, 6.07) is 41.5. The van der Waals surface area contributed by atoms with Crippen LogP contribution in [-0.2, 0) is 7.05 Å². The van der Waals surface area contributed by atoms with Gasteiger partial charge in [0, 0.05) is 39.8 Å². The average molecular weight is 423 g/mol. The van der Waals surface area contributed by atoms with Crippen molar-refractivity contribution in [1.82, 2.24) is 9.13 Å². The fraction of sp³-hybridized carbons (Fsp3) is 0.0323. The summed E-state index contributed by atoms with van der Waals surface area (Å²) in [5, 5.41) is 5.19. The molecule has 7 rings (SSSR count). The highest BCUT2D eigenvalue weighted by molar-refractivity contribution is 6.25. The predicted octanol–water partition coefficient (Wildman–Crippen LogP) is 8.10. The van der Waals surface area contributed by atoms with Crippen LogP contribution in [0, 0.1) is 0 Å². The first-order valence-corrected chi connectivity index (χ1v) is 11.4. The molecule has 0 unspecified atom stereocenters. The number of fused-ring (bicyclic) bond motifs is 7. The molecule has 156 valence electrons. The van der Waals surface area contributed by atoms with Crippen LogP contribution in [0.1, 0.15) is 0 Å². The Morgan fingerprint density at radius 1 is 0.455 bits per heavy atom. The second kappa shape index (κ2) is 6.85. The zero-order valence-electron chi connectivity index (χ0n) is 18.4. The molecule has 0 bridgehead atoms. The van der Waals surface area contributed by atoms with Crippen LogP contribution in [0.25, 0.3) is 60.4 Å². The van der Waals surface area contributed by atoms with Crippen molar-refractivity contribution in [3.05, 3.63) is 115 Å². The maximum atomic E-state index is 2.44. The molecule has 7 aromatic rings. The van der Waals surface area contributed by atoms with Crippen molar-refractivity contribution in [2.45, 2.75) is 0 Å². The number of hydrogen-bond donors (Lipinski definition) is 0. The molecule has 0 saturated heterocycles. The van der Waals surface area contributed by atoms with E-state index < -0.39 is 0 Å². The molecule has 0 spiro atoms. The van der Waals surface area contributed by atoms with Crippen LogP contribution < -0.4 is 0 Å². The van der Waals surface area contributed by atoms with Gasteiger partial charge in [0.15, 0.2) is 0 Å². The van der Waals surface area contributed by atoms with Crippen molar-refractivity contribution in [3.63, 3.8) is 0 Å². The number of rotatable bonds is 2. The highest BCUT2D eigenvalue weighted by Gasteiger charge is 2.18. The summed E-state index contributed by atoms with van der Waals surface area (Å²) in [6.45, 7) is 0. The topological polar surface area (TPSA) is 9.86 Å². The molecular weight excluding hydrogens is 400 g/mol. The molecule has 0 aliphatic heterocycles. The Hall–Kier alpha value is -4.30. The Bertz CT molecular complexity index is 1800. The molecule has 0 N–H and O–H groups in total. The summed E-state index contributed by atoms with van der Waals surface area (Å²) in [4.78, 5) is 0. The normalized spacial score (nSPS) is 11.8. The Morgan fingerprint density at radius 3 is 1.88 bits per heavy atom. The standard InChI is InChI=1S/C31H22N2/c1-32-27-13-7-6-12-26(27)30-29(32)20-19-25-24-11-5-8-14-28(24)33(31(25)30)23-17-15-22(16-18-23)21-9-3-2-4-10-21/h2-20H,1H3. The zero-order chi connectivity index (χ0) is 21.9. The van der Waals surface area contributed by atoms with Gasteiger partial charge in [-0.15, -0.1) is 0 Å². The minimum Gasteiger partial charge on any atom is -0.344 e. The van der Waals surface area contributed by atoms with Crippen molar-refractivity contribution >= 4 is 43.6 Å².